The van der Waals surface area contributed by atoms with E-state index in [2.05, 4.69) is 44.5 Å². The SMILES string of the molecule is CSC(C)CNCC(O)c1ccc(CC(C)C)cc1. The van der Waals surface area contributed by atoms with E-state index in [1.54, 1.807) is 0 Å². The van der Waals surface area contributed by atoms with Gasteiger partial charge in [-0.2, -0.15) is 11.8 Å². The van der Waals surface area contributed by atoms with Crippen LogP contribution in [-0.2, 0) is 6.42 Å². The lowest BCUT2D eigenvalue weighted by molar-refractivity contribution is 0.175. The van der Waals surface area contributed by atoms with Crippen molar-refractivity contribution in [3.05, 3.63) is 35.4 Å². The molecule has 0 fully saturated rings. The second-order valence-corrected chi connectivity index (χ2v) is 6.84. The van der Waals surface area contributed by atoms with Gasteiger partial charge in [0.1, 0.15) is 0 Å². The van der Waals surface area contributed by atoms with E-state index in [0.29, 0.717) is 17.7 Å². The van der Waals surface area contributed by atoms with Crippen LogP contribution >= 0.6 is 11.8 Å². The van der Waals surface area contributed by atoms with Crippen LogP contribution in [0.4, 0.5) is 0 Å². The minimum atomic E-state index is -0.415. The number of thioether (sulfide) groups is 1. The molecule has 2 N–H and O–H groups in total. The Morgan fingerprint density at radius 1 is 1.11 bits per heavy atom. The van der Waals surface area contributed by atoms with Crippen LogP contribution < -0.4 is 5.32 Å². The lowest BCUT2D eigenvalue weighted by atomic mass is 10.0. The van der Waals surface area contributed by atoms with Crippen molar-refractivity contribution in [2.75, 3.05) is 19.3 Å². The summed E-state index contributed by atoms with van der Waals surface area (Å²) in [4.78, 5) is 0. The van der Waals surface area contributed by atoms with Crippen LogP contribution in [-0.4, -0.2) is 29.7 Å². The van der Waals surface area contributed by atoms with Crippen molar-refractivity contribution in [3.63, 3.8) is 0 Å². The first-order valence-corrected chi connectivity index (χ1v) is 8.32. The molecule has 0 saturated heterocycles. The number of aliphatic hydroxyl groups is 1. The molecule has 19 heavy (non-hydrogen) atoms. The van der Waals surface area contributed by atoms with Crippen molar-refractivity contribution in [1.82, 2.24) is 5.32 Å². The third-order valence-corrected chi connectivity index (χ3v) is 4.15. The molecular weight excluding hydrogens is 254 g/mol. The van der Waals surface area contributed by atoms with Gasteiger partial charge in [0.15, 0.2) is 0 Å². The highest BCUT2D eigenvalue weighted by Gasteiger charge is 2.08. The van der Waals surface area contributed by atoms with Crippen LogP contribution in [0, 0.1) is 5.92 Å². The normalized spacial score (nSPS) is 14.6. The fourth-order valence-corrected chi connectivity index (χ4v) is 2.26. The maximum Gasteiger partial charge on any atom is 0.0914 e. The van der Waals surface area contributed by atoms with Gasteiger partial charge in [-0.15, -0.1) is 0 Å². The van der Waals surface area contributed by atoms with Gasteiger partial charge in [0, 0.05) is 18.3 Å². The summed E-state index contributed by atoms with van der Waals surface area (Å²) in [5, 5.41) is 14.0. The molecule has 0 aliphatic heterocycles. The highest BCUT2D eigenvalue weighted by Crippen LogP contribution is 2.15. The summed E-state index contributed by atoms with van der Waals surface area (Å²) < 4.78 is 0. The van der Waals surface area contributed by atoms with Crippen molar-refractivity contribution in [2.24, 2.45) is 5.92 Å². The minimum absolute atomic E-state index is 0.415. The van der Waals surface area contributed by atoms with Crippen LogP contribution in [0.25, 0.3) is 0 Å². The standard InChI is InChI=1S/C16H27NOS/c1-12(2)9-14-5-7-15(8-6-14)16(18)11-17-10-13(3)19-4/h5-8,12-13,16-18H,9-11H2,1-4H3. The molecule has 3 heteroatoms. The molecule has 2 unspecified atom stereocenters. The Labute approximate surface area is 122 Å². The topological polar surface area (TPSA) is 32.3 Å². The van der Waals surface area contributed by atoms with Crippen LogP contribution in [0.1, 0.15) is 38.0 Å². The van der Waals surface area contributed by atoms with Crippen LogP contribution in [0.15, 0.2) is 24.3 Å². The van der Waals surface area contributed by atoms with Crippen molar-refractivity contribution in [3.8, 4) is 0 Å². The number of hydrogen-bond donors (Lipinski definition) is 2. The van der Waals surface area contributed by atoms with Gasteiger partial charge in [-0.3, -0.25) is 0 Å². The van der Waals surface area contributed by atoms with Gasteiger partial charge in [0.25, 0.3) is 0 Å². The lowest BCUT2D eigenvalue weighted by Crippen LogP contribution is -2.27. The highest BCUT2D eigenvalue weighted by atomic mass is 32.2. The van der Waals surface area contributed by atoms with Crippen molar-refractivity contribution in [1.29, 1.82) is 0 Å². The predicted molar refractivity (Wildman–Crippen MR) is 85.8 cm³/mol. The summed E-state index contributed by atoms with van der Waals surface area (Å²) in [6.07, 6.45) is 2.79. The van der Waals surface area contributed by atoms with Crippen molar-refractivity contribution < 1.29 is 5.11 Å². The molecule has 2 atom stereocenters. The number of aliphatic hydroxyl groups excluding tert-OH is 1. The van der Waals surface area contributed by atoms with E-state index in [0.717, 1.165) is 18.5 Å². The summed E-state index contributed by atoms with van der Waals surface area (Å²) in [6, 6.07) is 8.34. The molecule has 2 nitrogen and oxygen atoms in total. The van der Waals surface area contributed by atoms with Gasteiger partial charge < -0.3 is 10.4 Å². The van der Waals surface area contributed by atoms with Gasteiger partial charge in [-0.1, -0.05) is 45.0 Å². The molecule has 0 aliphatic rings. The van der Waals surface area contributed by atoms with E-state index in [1.165, 1.54) is 5.56 Å². The molecule has 0 bridgehead atoms. The predicted octanol–water partition coefficient (Wildman–Crippen LogP) is 3.26. The number of rotatable bonds is 8. The maximum absolute atomic E-state index is 10.1. The first-order chi connectivity index (χ1) is 9.02. The molecule has 0 amide bonds. The van der Waals surface area contributed by atoms with E-state index >= 15 is 0 Å². The second kappa shape index (κ2) is 8.62. The summed E-state index contributed by atoms with van der Waals surface area (Å²) >= 11 is 1.84. The van der Waals surface area contributed by atoms with E-state index in [4.69, 9.17) is 0 Å². The van der Waals surface area contributed by atoms with Crippen LogP contribution in [0.2, 0.25) is 0 Å². The quantitative estimate of drug-likeness (QED) is 0.767. The van der Waals surface area contributed by atoms with Crippen molar-refractivity contribution in [2.45, 2.75) is 38.5 Å². The molecule has 0 aromatic heterocycles. The Morgan fingerprint density at radius 3 is 2.26 bits per heavy atom. The zero-order chi connectivity index (χ0) is 14.3. The molecule has 0 heterocycles. The summed E-state index contributed by atoms with van der Waals surface area (Å²) in [6.45, 7) is 8.18. The molecule has 108 valence electrons. The first kappa shape index (κ1) is 16.5. The van der Waals surface area contributed by atoms with Crippen LogP contribution in [0.3, 0.4) is 0 Å². The smallest absolute Gasteiger partial charge is 0.0914 e. The maximum atomic E-state index is 10.1. The zero-order valence-corrected chi connectivity index (χ0v) is 13.3. The van der Waals surface area contributed by atoms with Crippen LogP contribution in [0.5, 0.6) is 0 Å². The molecule has 1 aromatic carbocycles. The fourth-order valence-electron chi connectivity index (χ4n) is 1.97. The molecule has 0 radical (unpaired) electrons. The zero-order valence-electron chi connectivity index (χ0n) is 12.5. The first-order valence-electron chi connectivity index (χ1n) is 7.03. The van der Waals surface area contributed by atoms with E-state index in [9.17, 15) is 5.11 Å². The number of benzene rings is 1. The Morgan fingerprint density at radius 2 is 1.74 bits per heavy atom. The molecule has 0 aliphatic carbocycles. The van der Waals surface area contributed by atoms with E-state index < -0.39 is 6.10 Å². The molecule has 0 saturated carbocycles. The summed E-state index contributed by atoms with van der Waals surface area (Å²) in [5.74, 6) is 0.672. The van der Waals surface area contributed by atoms with Gasteiger partial charge in [0.05, 0.1) is 6.10 Å². The summed E-state index contributed by atoms with van der Waals surface area (Å²) in [5.41, 5.74) is 2.34. The Balaban J connectivity index is 2.42. The van der Waals surface area contributed by atoms with Crippen molar-refractivity contribution >= 4 is 11.8 Å². The van der Waals surface area contributed by atoms with Gasteiger partial charge in [0.2, 0.25) is 0 Å². The number of nitrogens with one attached hydrogen (secondary N) is 1. The van der Waals surface area contributed by atoms with Gasteiger partial charge >= 0.3 is 0 Å². The monoisotopic (exact) mass is 281 g/mol. The average Bonchev–Trinajstić information content (AvgIpc) is 2.38. The lowest BCUT2D eigenvalue weighted by Gasteiger charge is -2.15. The van der Waals surface area contributed by atoms with Gasteiger partial charge in [-0.25, -0.2) is 0 Å². The third kappa shape index (κ3) is 6.46. The van der Waals surface area contributed by atoms with Gasteiger partial charge in [-0.05, 0) is 29.7 Å². The Bertz CT molecular complexity index is 350. The molecular formula is C16H27NOS. The molecule has 1 aromatic rings. The Hall–Kier alpha value is -0.510. The molecule has 1 rings (SSSR count). The highest BCUT2D eigenvalue weighted by molar-refractivity contribution is 7.99. The fraction of sp³-hybridized carbons (Fsp3) is 0.625. The third-order valence-electron chi connectivity index (χ3n) is 3.18. The van der Waals surface area contributed by atoms with E-state index in [1.807, 2.05) is 23.9 Å². The molecule has 0 spiro atoms. The minimum Gasteiger partial charge on any atom is -0.387 e. The number of hydrogen-bond acceptors (Lipinski definition) is 3. The summed E-state index contributed by atoms with van der Waals surface area (Å²) in [7, 11) is 0. The largest absolute Gasteiger partial charge is 0.387 e. The average molecular weight is 281 g/mol. The second-order valence-electron chi connectivity index (χ2n) is 5.56. The Kier molecular flexibility index (Phi) is 7.51. The van der Waals surface area contributed by atoms with E-state index in [-0.39, 0.29) is 0 Å².